The molecule has 2 aromatic rings. The molecular formula is C19H19BrCl2N2O3S. The van der Waals surface area contributed by atoms with E-state index < -0.39 is 10.0 Å². The standard InChI is InChI=1S/C19H19BrCl2N2O3S/c20-15-3-1-2-13(8-15)12-28(26,27)24-6-4-14(5-7-24)19(25)23-18-10-16(21)9-17(22)11-18/h1-3,8-11,14H,4-7,12H2,(H,23,25). The second-order valence-corrected chi connectivity index (χ2v) is 10.5. The van der Waals surface area contributed by atoms with Crippen molar-refractivity contribution in [1.82, 2.24) is 4.31 Å². The Kier molecular flexibility index (Phi) is 7.04. The van der Waals surface area contributed by atoms with Gasteiger partial charge in [0.2, 0.25) is 15.9 Å². The van der Waals surface area contributed by atoms with Gasteiger partial charge < -0.3 is 5.32 Å². The van der Waals surface area contributed by atoms with Crippen LogP contribution in [0.2, 0.25) is 10.0 Å². The third-order valence-corrected chi connectivity index (χ3v) is 7.37. The van der Waals surface area contributed by atoms with E-state index in [4.69, 9.17) is 23.2 Å². The van der Waals surface area contributed by atoms with Crippen molar-refractivity contribution >= 4 is 60.7 Å². The summed E-state index contributed by atoms with van der Waals surface area (Å²) < 4.78 is 27.7. The number of carbonyl (C=O) groups excluding carboxylic acids is 1. The summed E-state index contributed by atoms with van der Waals surface area (Å²) in [6.07, 6.45) is 0.940. The number of halogens is 3. The lowest BCUT2D eigenvalue weighted by Crippen LogP contribution is -2.41. The number of hydrogen-bond acceptors (Lipinski definition) is 3. The first-order valence-electron chi connectivity index (χ1n) is 8.72. The van der Waals surface area contributed by atoms with Crippen LogP contribution in [-0.2, 0) is 20.6 Å². The molecule has 1 heterocycles. The number of hydrogen-bond donors (Lipinski definition) is 1. The fourth-order valence-electron chi connectivity index (χ4n) is 3.20. The van der Waals surface area contributed by atoms with Gasteiger partial charge in [0.25, 0.3) is 0 Å². The smallest absolute Gasteiger partial charge is 0.227 e. The molecule has 1 aliphatic rings. The third-order valence-electron chi connectivity index (χ3n) is 4.59. The molecule has 2 aromatic carbocycles. The predicted octanol–water partition coefficient (Wildman–Crippen LogP) is 4.94. The van der Waals surface area contributed by atoms with Crippen molar-refractivity contribution in [3.8, 4) is 0 Å². The van der Waals surface area contributed by atoms with Crippen LogP contribution in [0.1, 0.15) is 18.4 Å². The van der Waals surface area contributed by atoms with E-state index in [0.717, 1.165) is 10.0 Å². The van der Waals surface area contributed by atoms with Crippen LogP contribution in [-0.4, -0.2) is 31.7 Å². The second kappa shape index (κ2) is 9.13. The van der Waals surface area contributed by atoms with E-state index in [1.54, 1.807) is 30.3 Å². The van der Waals surface area contributed by atoms with Gasteiger partial charge in [0.05, 0.1) is 5.75 Å². The average Bonchev–Trinajstić information content (AvgIpc) is 2.60. The summed E-state index contributed by atoms with van der Waals surface area (Å²) in [5.41, 5.74) is 1.26. The number of carbonyl (C=O) groups is 1. The molecule has 0 unspecified atom stereocenters. The number of rotatable bonds is 5. The lowest BCUT2D eigenvalue weighted by Gasteiger charge is -2.30. The molecule has 1 aliphatic heterocycles. The van der Waals surface area contributed by atoms with Crippen LogP contribution < -0.4 is 5.32 Å². The highest BCUT2D eigenvalue weighted by atomic mass is 79.9. The van der Waals surface area contributed by atoms with Crippen LogP contribution in [0.25, 0.3) is 0 Å². The summed E-state index contributed by atoms with van der Waals surface area (Å²) in [5, 5.41) is 3.69. The van der Waals surface area contributed by atoms with Crippen molar-refractivity contribution in [2.24, 2.45) is 5.92 Å². The second-order valence-electron chi connectivity index (χ2n) is 6.71. The van der Waals surface area contributed by atoms with E-state index in [9.17, 15) is 13.2 Å². The average molecular weight is 506 g/mol. The molecule has 0 radical (unpaired) electrons. The molecule has 9 heteroatoms. The zero-order chi connectivity index (χ0) is 20.3. The summed E-state index contributed by atoms with van der Waals surface area (Å²) in [6.45, 7) is 0.648. The van der Waals surface area contributed by atoms with Gasteiger partial charge in [-0.25, -0.2) is 12.7 Å². The van der Waals surface area contributed by atoms with Gasteiger partial charge in [-0.05, 0) is 48.7 Å². The van der Waals surface area contributed by atoms with Gasteiger partial charge >= 0.3 is 0 Å². The SMILES string of the molecule is O=C(Nc1cc(Cl)cc(Cl)c1)C1CCN(S(=O)(=O)Cc2cccc(Br)c2)CC1. The zero-order valence-electron chi connectivity index (χ0n) is 14.9. The molecule has 0 spiro atoms. The minimum Gasteiger partial charge on any atom is -0.326 e. The normalized spacial score (nSPS) is 16.1. The van der Waals surface area contributed by atoms with Crippen molar-refractivity contribution in [2.75, 3.05) is 18.4 Å². The first-order valence-corrected chi connectivity index (χ1v) is 11.9. The molecule has 1 amide bonds. The Hall–Kier alpha value is -1.12. The van der Waals surface area contributed by atoms with Crippen molar-refractivity contribution in [3.05, 3.63) is 62.5 Å². The van der Waals surface area contributed by atoms with Crippen LogP contribution in [0.15, 0.2) is 46.9 Å². The molecule has 1 fully saturated rings. The Balaban J connectivity index is 1.58. The Labute approximate surface area is 183 Å². The lowest BCUT2D eigenvalue weighted by molar-refractivity contribution is -0.120. The number of sulfonamides is 1. The van der Waals surface area contributed by atoms with Crippen LogP contribution in [0, 0.1) is 5.92 Å². The quantitative estimate of drug-likeness (QED) is 0.626. The zero-order valence-corrected chi connectivity index (χ0v) is 18.8. The van der Waals surface area contributed by atoms with Crippen LogP contribution in [0.4, 0.5) is 5.69 Å². The van der Waals surface area contributed by atoms with Gasteiger partial charge in [-0.15, -0.1) is 0 Å². The Morgan fingerprint density at radius 3 is 2.36 bits per heavy atom. The minimum atomic E-state index is -3.43. The summed E-state index contributed by atoms with van der Waals surface area (Å²) in [6, 6.07) is 12.1. The van der Waals surface area contributed by atoms with Crippen molar-refractivity contribution in [2.45, 2.75) is 18.6 Å². The maximum absolute atomic E-state index is 12.7. The predicted molar refractivity (Wildman–Crippen MR) is 116 cm³/mol. The topological polar surface area (TPSA) is 66.5 Å². The number of nitrogens with zero attached hydrogens (tertiary/aromatic N) is 1. The van der Waals surface area contributed by atoms with Gasteiger partial charge in [-0.3, -0.25) is 4.79 Å². The van der Waals surface area contributed by atoms with Crippen LogP contribution >= 0.6 is 39.1 Å². The number of nitrogens with one attached hydrogen (secondary N) is 1. The maximum Gasteiger partial charge on any atom is 0.227 e. The number of piperidine rings is 1. The summed E-state index contributed by atoms with van der Waals surface area (Å²) in [7, 11) is -3.43. The minimum absolute atomic E-state index is 0.0513. The van der Waals surface area contributed by atoms with Crippen molar-refractivity contribution in [3.63, 3.8) is 0 Å². The van der Waals surface area contributed by atoms with E-state index in [2.05, 4.69) is 21.2 Å². The molecule has 5 nitrogen and oxygen atoms in total. The third kappa shape index (κ3) is 5.70. The summed E-state index contributed by atoms with van der Waals surface area (Å²) in [5.74, 6) is -0.456. The van der Waals surface area contributed by atoms with E-state index in [1.165, 1.54) is 4.31 Å². The summed E-state index contributed by atoms with van der Waals surface area (Å²) in [4.78, 5) is 12.5. The van der Waals surface area contributed by atoms with E-state index in [1.807, 2.05) is 12.1 Å². The van der Waals surface area contributed by atoms with Gasteiger partial charge in [0.15, 0.2) is 0 Å². The molecule has 150 valence electrons. The fraction of sp³-hybridized carbons (Fsp3) is 0.316. The number of anilines is 1. The summed E-state index contributed by atoms with van der Waals surface area (Å²) >= 11 is 15.3. The Bertz CT molecular complexity index is 957. The van der Waals surface area contributed by atoms with Gasteiger partial charge in [0.1, 0.15) is 0 Å². The molecular weight excluding hydrogens is 487 g/mol. The molecule has 28 heavy (non-hydrogen) atoms. The Morgan fingerprint density at radius 2 is 1.75 bits per heavy atom. The van der Waals surface area contributed by atoms with Crippen LogP contribution in [0.3, 0.4) is 0 Å². The highest BCUT2D eigenvalue weighted by molar-refractivity contribution is 9.10. The number of benzene rings is 2. The first-order chi connectivity index (χ1) is 13.2. The first kappa shape index (κ1) is 21.6. The molecule has 3 rings (SSSR count). The molecule has 0 bridgehead atoms. The molecule has 1 N–H and O–H groups in total. The van der Waals surface area contributed by atoms with E-state index in [-0.39, 0.29) is 17.6 Å². The van der Waals surface area contributed by atoms with Gasteiger partial charge in [-0.1, -0.05) is 51.3 Å². The Morgan fingerprint density at radius 1 is 1.11 bits per heavy atom. The van der Waals surface area contributed by atoms with Crippen molar-refractivity contribution in [1.29, 1.82) is 0 Å². The van der Waals surface area contributed by atoms with Gasteiger partial charge in [0, 0.05) is 39.2 Å². The van der Waals surface area contributed by atoms with E-state index >= 15 is 0 Å². The highest BCUT2D eigenvalue weighted by Gasteiger charge is 2.31. The van der Waals surface area contributed by atoms with Crippen molar-refractivity contribution < 1.29 is 13.2 Å². The molecule has 0 aromatic heterocycles. The highest BCUT2D eigenvalue weighted by Crippen LogP contribution is 2.26. The molecule has 0 atom stereocenters. The monoisotopic (exact) mass is 504 g/mol. The van der Waals surface area contributed by atoms with E-state index in [0.29, 0.717) is 41.7 Å². The molecule has 0 saturated carbocycles. The van der Waals surface area contributed by atoms with Gasteiger partial charge in [-0.2, -0.15) is 0 Å². The fourth-order valence-corrected chi connectivity index (χ4v) is 5.72. The lowest BCUT2D eigenvalue weighted by atomic mass is 9.97. The largest absolute Gasteiger partial charge is 0.326 e. The maximum atomic E-state index is 12.7. The number of amides is 1. The van der Waals surface area contributed by atoms with Crippen LogP contribution in [0.5, 0.6) is 0 Å². The molecule has 0 aliphatic carbocycles. The molecule has 1 saturated heterocycles.